The van der Waals surface area contributed by atoms with Crippen LogP contribution in [-0.4, -0.2) is 16.0 Å². The summed E-state index contributed by atoms with van der Waals surface area (Å²) in [4.78, 5) is 9.18. The van der Waals surface area contributed by atoms with Crippen molar-refractivity contribution in [3.05, 3.63) is 51.3 Å². The molecule has 112 valence electrons. The molecule has 21 heavy (non-hydrogen) atoms. The Morgan fingerprint density at radius 2 is 1.67 bits per heavy atom. The monoisotopic (exact) mass is 365 g/mol. The number of thioether (sulfide) groups is 1. The number of nitrogens with zero attached hydrogens (tertiary/aromatic N) is 2. The molecule has 0 saturated carbocycles. The van der Waals surface area contributed by atoms with Crippen molar-refractivity contribution in [2.24, 2.45) is 5.73 Å². The first-order valence-electron chi connectivity index (χ1n) is 6.88. The number of rotatable bonds is 4. The fourth-order valence-corrected chi connectivity index (χ4v) is 3.90. The molecule has 1 heterocycles. The standard InChI is InChI=1S/C16H20BrN3S/c1-9-11(3)19-16(20-12(9)4)21-15(10(2)18)13-7-5-6-8-14(13)17/h5-8,10,15H,18H2,1-4H3. The first-order valence-corrected chi connectivity index (χ1v) is 8.56. The third-order valence-electron chi connectivity index (χ3n) is 3.53. The average molecular weight is 366 g/mol. The molecule has 0 radical (unpaired) electrons. The van der Waals surface area contributed by atoms with E-state index in [1.54, 1.807) is 11.8 Å². The maximum atomic E-state index is 6.19. The predicted molar refractivity (Wildman–Crippen MR) is 92.6 cm³/mol. The second-order valence-corrected chi connectivity index (χ2v) is 7.18. The molecular weight excluding hydrogens is 346 g/mol. The molecular formula is C16H20BrN3S. The van der Waals surface area contributed by atoms with Crippen LogP contribution in [0.15, 0.2) is 33.9 Å². The summed E-state index contributed by atoms with van der Waals surface area (Å²) in [5, 5.41) is 0.899. The van der Waals surface area contributed by atoms with Gasteiger partial charge < -0.3 is 5.73 Å². The molecule has 2 aromatic rings. The van der Waals surface area contributed by atoms with Gasteiger partial charge in [0.1, 0.15) is 0 Å². The van der Waals surface area contributed by atoms with Gasteiger partial charge in [0.15, 0.2) is 5.16 Å². The summed E-state index contributed by atoms with van der Waals surface area (Å²) in [6.45, 7) is 8.11. The first-order chi connectivity index (χ1) is 9.90. The number of halogens is 1. The van der Waals surface area contributed by atoms with Crippen LogP contribution in [0.2, 0.25) is 0 Å². The fourth-order valence-electron chi connectivity index (χ4n) is 2.07. The zero-order valence-electron chi connectivity index (χ0n) is 12.7. The first kappa shape index (κ1) is 16.5. The Labute approximate surface area is 138 Å². The van der Waals surface area contributed by atoms with Crippen LogP contribution < -0.4 is 5.73 Å². The fraction of sp³-hybridized carbons (Fsp3) is 0.375. The van der Waals surface area contributed by atoms with Crippen LogP contribution in [0.3, 0.4) is 0 Å². The molecule has 1 aromatic heterocycles. The lowest BCUT2D eigenvalue weighted by atomic mass is 10.1. The van der Waals surface area contributed by atoms with Gasteiger partial charge in [0, 0.05) is 21.9 Å². The number of hydrogen-bond acceptors (Lipinski definition) is 4. The Balaban J connectivity index is 2.36. The largest absolute Gasteiger partial charge is 0.327 e. The Kier molecular flexibility index (Phi) is 5.41. The minimum absolute atomic E-state index is 0.000727. The number of nitrogens with two attached hydrogens (primary N) is 1. The van der Waals surface area contributed by atoms with Gasteiger partial charge in [-0.15, -0.1) is 0 Å². The third-order valence-corrected chi connectivity index (χ3v) is 5.59. The molecule has 0 bridgehead atoms. The SMILES string of the molecule is Cc1nc(SC(c2ccccc2Br)C(C)N)nc(C)c1C. The molecule has 1 aromatic carbocycles. The summed E-state index contributed by atoms with van der Waals surface area (Å²) < 4.78 is 1.07. The van der Waals surface area contributed by atoms with E-state index in [1.807, 2.05) is 39.0 Å². The van der Waals surface area contributed by atoms with Crippen molar-refractivity contribution in [1.29, 1.82) is 0 Å². The van der Waals surface area contributed by atoms with Crippen molar-refractivity contribution in [1.82, 2.24) is 9.97 Å². The van der Waals surface area contributed by atoms with Crippen LogP contribution in [0.4, 0.5) is 0 Å². The average Bonchev–Trinajstić information content (AvgIpc) is 2.42. The van der Waals surface area contributed by atoms with Crippen molar-refractivity contribution in [2.45, 2.75) is 44.1 Å². The van der Waals surface area contributed by atoms with Crippen LogP contribution in [0.25, 0.3) is 0 Å². The van der Waals surface area contributed by atoms with Gasteiger partial charge in [-0.05, 0) is 44.9 Å². The summed E-state index contributed by atoms with van der Waals surface area (Å²) in [6, 6.07) is 8.17. The molecule has 2 N–H and O–H groups in total. The van der Waals surface area contributed by atoms with Crippen molar-refractivity contribution in [3.8, 4) is 0 Å². The van der Waals surface area contributed by atoms with Crippen molar-refractivity contribution in [3.63, 3.8) is 0 Å². The van der Waals surface area contributed by atoms with Crippen molar-refractivity contribution in [2.75, 3.05) is 0 Å². The van der Waals surface area contributed by atoms with Crippen LogP contribution in [0.1, 0.15) is 34.7 Å². The van der Waals surface area contributed by atoms with E-state index >= 15 is 0 Å². The molecule has 0 amide bonds. The lowest BCUT2D eigenvalue weighted by Crippen LogP contribution is -2.23. The molecule has 5 heteroatoms. The minimum Gasteiger partial charge on any atom is -0.327 e. The lowest BCUT2D eigenvalue weighted by molar-refractivity contribution is 0.714. The van der Waals surface area contributed by atoms with E-state index in [0.29, 0.717) is 0 Å². The molecule has 0 aliphatic heterocycles. The molecule has 3 nitrogen and oxygen atoms in total. The quantitative estimate of drug-likeness (QED) is 0.646. The topological polar surface area (TPSA) is 51.8 Å². The number of benzene rings is 1. The van der Waals surface area contributed by atoms with Crippen molar-refractivity contribution >= 4 is 27.7 Å². The van der Waals surface area contributed by atoms with Gasteiger partial charge in [-0.3, -0.25) is 0 Å². The minimum atomic E-state index is -0.000727. The summed E-state index contributed by atoms with van der Waals surface area (Å²) in [7, 11) is 0. The summed E-state index contributed by atoms with van der Waals surface area (Å²) in [6.07, 6.45) is 0. The summed E-state index contributed by atoms with van der Waals surface area (Å²) in [5.41, 5.74) is 10.6. The van der Waals surface area contributed by atoms with E-state index in [9.17, 15) is 0 Å². The smallest absolute Gasteiger partial charge is 0.188 e. The predicted octanol–water partition coefficient (Wildman–Crippen LogP) is 4.34. The highest BCUT2D eigenvalue weighted by molar-refractivity contribution is 9.10. The Morgan fingerprint density at radius 3 is 2.19 bits per heavy atom. The van der Waals surface area contributed by atoms with Gasteiger partial charge in [0.05, 0.1) is 5.25 Å². The van der Waals surface area contributed by atoms with Gasteiger partial charge in [0.2, 0.25) is 0 Å². The second-order valence-electron chi connectivity index (χ2n) is 5.22. The summed E-state index contributed by atoms with van der Waals surface area (Å²) >= 11 is 5.23. The maximum Gasteiger partial charge on any atom is 0.188 e. The molecule has 0 saturated heterocycles. The van der Waals surface area contributed by atoms with Crippen LogP contribution in [-0.2, 0) is 0 Å². The second kappa shape index (κ2) is 6.90. The van der Waals surface area contributed by atoms with Gasteiger partial charge in [0.25, 0.3) is 0 Å². The van der Waals surface area contributed by atoms with Crippen LogP contribution in [0, 0.1) is 20.8 Å². The lowest BCUT2D eigenvalue weighted by Gasteiger charge is -2.21. The molecule has 2 atom stereocenters. The van der Waals surface area contributed by atoms with E-state index in [2.05, 4.69) is 38.9 Å². The molecule has 2 unspecified atom stereocenters. The van der Waals surface area contributed by atoms with E-state index in [1.165, 1.54) is 5.56 Å². The molecule has 2 rings (SSSR count). The Morgan fingerprint density at radius 1 is 1.10 bits per heavy atom. The summed E-state index contributed by atoms with van der Waals surface area (Å²) in [5.74, 6) is 0. The normalized spacial score (nSPS) is 14.0. The van der Waals surface area contributed by atoms with Crippen molar-refractivity contribution < 1.29 is 0 Å². The van der Waals surface area contributed by atoms with Crippen LogP contribution in [0.5, 0.6) is 0 Å². The van der Waals surface area contributed by atoms with Gasteiger partial charge in [-0.25, -0.2) is 9.97 Å². The van der Waals surface area contributed by atoms with Gasteiger partial charge >= 0.3 is 0 Å². The van der Waals surface area contributed by atoms with Gasteiger partial charge in [-0.2, -0.15) is 0 Å². The Hall–Kier alpha value is -0.910. The number of hydrogen-bond donors (Lipinski definition) is 1. The van der Waals surface area contributed by atoms with E-state index in [-0.39, 0.29) is 11.3 Å². The van der Waals surface area contributed by atoms with E-state index in [0.717, 1.165) is 26.6 Å². The van der Waals surface area contributed by atoms with E-state index < -0.39 is 0 Å². The molecule has 0 spiro atoms. The van der Waals surface area contributed by atoms with Gasteiger partial charge in [-0.1, -0.05) is 45.9 Å². The highest BCUT2D eigenvalue weighted by Crippen LogP contribution is 2.39. The third kappa shape index (κ3) is 3.84. The number of aromatic nitrogens is 2. The molecule has 0 aliphatic carbocycles. The number of aryl methyl sites for hydroxylation is 2. The highest BCUT2D eigenvalue weighted by atomic mass is 79.9. The maximum absolute atomic E-state index is 6.19. The molecule has 0 aliphatic rings. The molecule has 0 fully saturated rings. The highest BCUT2D eigenvalue weighted by Gasteiger charge is 2.21. The zero-order chi connectivity index (χ0) is 15.6. The zero-order valence-corrected chi connectivity index (χ0v) is 15.1. The van der Waals surface area contributed by atoms with Crippen LogP contribution >= 0.6 is 27.7 Å². The Bertz CT molecular complexity index is 620. The van der Waals surface area contributed by atoms with E-state index in [4.69, 9.17) is 5.73 Å².